The summed E-state index contributed by atoms with van der Waals surface area (Å²) in [4.78, 5) is 11.4. The Morgan fingerprint density at radius 2 is 2.00 bits per heavy atom. The summed E-state index contributed by atoms with van der Waals surface area (Å²) >= 11 is 0. The zero-order valence-electron chi connectivity index (χ0n) is 10.0. The molecule has 19 heavy (non-hydrogen) atoms. The monoisotopic (exact) mass is 269 g/mol. The van der Waals surface area contributed by atoms with Gasteiger partial charge in [0.05, 0.1) is 29.7 Å². The van der Waals surface area contributed by atoms with E-state index in [0.717, 1.165) is 19.2 Å². The van der Waals surface area contributed by atoms with Gasteiger partial charge in [-0.15, -0.1) is 0 Å². The minimum absolute atomic E-state index is 0.186. The fourth-order valence-corrected chi connectivity index (χ4v) is 1.89. The summed E-state index contributed by atoms with van der Waals surface area (Å²) in [6, 6.07) is 4.99. The third-order valence-electron chi connectivity index (χ3n) is 3.20. The van der Waals surface area contributed by atoms with Crippen LogP contribution in [0, 0.1) is 11.3 Å². The summed E-state index contributed by atoms with van der Waals surface area (Å²) in [7, 11) is 1.10. The molecule has 0 unspecified atom stereocenters. The molecule has 0 N–H and O–H groups in total. The van der Waals surface area contributed by atoms with E-state index in [0.29, 0.717) is 12.8 Å². The van der Waals surface area contributed by atoms with Crippen molar-refractivity contribution in [3.8, 4) is 6.07 Å². The lowest BCUT2D eigenvalue weighted by atomic mass is 9.93. The van der Waals surface area contributed by atoms with Gasteiger partial charge in [0.2, 0.25) is 0 Å². The Bertz CT molecular complexity index is 568. The largest absolute Gasteiger partial charge is 0.465 e. The summed E-state index contributed by atoms with van der Waals surface area (Å²) in [5.41, 5.74) is -1.78. The molecule has 0 bridgehead atoms. The van der Waals surface area contributed by atoms with Crippen molar-refractivity contribution in [1.82, 2.24) is 0 Å². The minimum atomic E-state index is -4.57. The third-order valence-corrected chi connectivity index (χ3v) is 3.20. The van der Waals surface area contributed by atoms with Gasteiger partial charge in [0.15, 0.2) is 0 Å². The van der Waals surface area contributed by atoms with E-state index in [-0.39, 0.29) is 11.1 Å². The van der Waals surface area contributed by atoms with Gasteiger partial charge in [-0.05, 0) is 36.6 Å². The summed E-state index contributed by atoms with van der Waals surface area (Å²) in [5, 5.41) is 9.04. The van der Waals surface area contributed by atoms with E-state index in [4.69, 9.17) is 5.26 Å². The molecule has 1 aromatic carbocycles. The average molecular weight is 269 g/mol. The van der Waals surface area contributed by atoms with Crippen molar-refractivity contribution in [2.75, 3.05) is 7.11 Å². The highest BCUT2D eigenvalue weighted by atomic mass is 19.4. The van der Waals surface area contributed by atoms with Crippen LogP contribution in [-0.2, 0) is 16.3 Å². The van der Waals surface area contributed by atoms with Gasteiger partial charge in [0.25, 0.3) is 0 Å². The van der Waals surface area contributed by atoms with E-state index in [1.807, 2.05) is 6.07 Å². The lowest BCUT2D eigenvalue weighted by Crippen LogP contribution is -2.13. The normalized spacial score (nSPS) is 16.6. The minimum Gasteiger partial charge on any atom is -0.465 e. The molecular weight excluding hydrogens is 259 g/mol. The molecule has 1 fully saturated rings. The Hall–Kier alpha value is -2.03. The number of carbonyl (C=O) groups is 1. The molecule has 1 aromatic rings. The Morgan fingerprint density at radius 1 is 1.37 bits per heavy atom. The van der Waals surface area contributed by atoms with Crippen LogP contribution in [0.2, 0.25) is 0 Å². The molecule has 6 heteroatoms. The number of hydrogen-bond donors (Lipinski definition) is 0. The lowest BCUT2D eigenvalue weighted by Gasteiger charge is -2.13. The van der Waals surface area contributed by atoms with Crippen LogP contribution in [-0.4, -0.2) is 13.1 Å². The fourth-order valence-electron chi connectivity index (χ4n) is 1.89. The number of rotatable bonds is 2. The molecule has 1 saturated carbocycles. The number of esters is 1. The number of nitrogens with zero attached hydrogens (tertiary/aromatic N) is 1. The molecule has 0 aliphatic heterocycles. The smallest absolute Gasteiger partial charge is 0.416 e. The number of ether oxygens (including phenoxy) is 1. The van der Waals surface area contributed by atoms with Crippen molar-refractivity contribution in [2.45, 2.75) is 24.4 Å². The average Bonchev–Trinajstić information content (AvgIpc) is 3.17. The number of alkyl halides is 3. The van der Waals surface area contributed by atoms with Crippen molar-refractivity contribution in [3.05, 3.63) is 34.9 Å². The molecule has 0 heterocycles. The first-order chi connectivity index (χ1) is 8.82. The molecule has 0 saturated heterocycles. The predicted octanol–water partition coefficient (Wildman–Crippen LogP) is 3.05. The van der Waals surface area contributed by atoms with Crippen LogP contribution in [0.1, 0.15) is 34.3 Å². The van der Waals surface area contributed by atoms with Gasteiger partial charge in [0.1, 0.15) is 0 Å². The highest BCUT2D eigenvalue weighted by Gasteiger charge is 2.46. The predicted molar refractivity (Wildman–Crippen MR) is 59.3 cm³/mol. The SMILES string of the molecule is COC(=O)c1cc(C(F)(F)F)cc(C2(C#N)CC2)c1. The number of carbonyl (C=O) groups excluding carboxylic acids is 1. The molecule has 1 aliphatic rings. The van der Waals surface area contributed by atoms with E-state index in [2.05, 4.69) is 4.74 Å². The topological polar surface area (TPSA) is 50.1 Å². The van der Waals surface area contributed by atoms with Crippen molar-refractivity contribution < 1.29 is 22.7 Å². The highest BCUT2D eigenvalue weighted by molar-refractivity contribution is 5.90. The van der Waals surface area contributed by atoms with Gasteiger partial charge in [-0.25, -0.2) is 4.79 Å². The molecule has 100 valence electrons. The number of benzene rings is 1. The maximum absolute atomic E-state index is 12.8. The van der Waals surface area contributed by atoms with Gasteiger partial charge < -0.3 is 4.74 Å². The van der Waals surface area contributed by atoms with Crippen LogP contribution in [0.4, 0.5) is 13.2 Å². The van der Waals surface area contributed by atoms with Crippen LogP contribution < -0.4 is 0 Å². The summed E-state index contributed by atoms with van der Waals surface area (Å²) in [6.07, 6.45) is -3.55. The first-order valence-corrected chi connectivity index (χ1v) is 5.55. The lowest BCUT2D eigenvalue weighted by molar-refractivity contribution is -0.137. The number of nitriles is 1. The van der Waals surface area contributed by atoms with Gasteiger partial charge in [-0.3, -0.25) is 0 Å². The van der Waals surface area contributed by atoms with Crippen molar-refractivity contribution in [3.63, 3.8) is 0 Å². The molecule has 0 atom stereocenters. The molecule has 3 nitrogen and oxygen atoms in total. The Balaban J connectivity index is 2.57. The summed E-state index contributed by atoms with van der Waals surface area (Å²) in [6.45, 7) is 0. The zero-order valence-corrected chi connectivity index (χ0v) is 10.0. The Labute approximate surface area is 107 Å². The van der Waals surface area contributed by atoms with Crippen molar-refractivity contribution in [2.24, 2.45) is 0 Å². The quantitative estimate of drug-likeness (QED) is 0.775. The molecule has 0 radical (unpaired) electrons. The van der Waals surface area contributed by atoms with E-state index in [1.54, 1.807) is 0 Å². The fraction of sp³-hybridized carbons (Fsp3) is 0.385. The van der Waals surface area contributed by atoms with E-state index in [1.165, 1.54) is 6.07 Å². The first-order valence-electron chi connectivity index (χ1n) is 5.55. The number of methoxy groups -OCH3 is 1. The van der Waals surface area contributed by atoms with Crippen molar-refractivity contribution in [1.29, 1.82) is 5.26 Å². The van der Waals surface area contributed by atoms with Crippen LogP contribution >= 0.6 is 0 Å². The van der Waals surface area contributed by atoms with Crippen LogP contribution in [0.25, 0.3) is 0 Å². The third kappa shape index (κ3) is 2.41. The second-order valence-electron chi connectivity index (χ2n) is 4.48. The van der Waals surface area contributed by atoms with Crippen LogP contribution in [0.5, 0.6) is 0 Å². The standard InChI is InChI=1S/C13H10F3NO2/c1-19-11(18)8-4-9(12(7-17)2-3-12)6-10(5-8)13(14,15)16/h4-6H,2-3H2,1H3. The Morgan fingerprint density at radius 3 is 2.42 bits per heavy atom. The summed E-state index contributed by atoms with van der Waals surface area (Å²) < 4.78 is 42.8. The van der Waals surface area contributed by atoms with Gasteiger partial charge in [0, 0.05) is 0 Å². The van der Waals surface area contributed by atoms with Gasteiger partial charge >= 0.3 is 12.1 Å². The second kappa shape index (κ2) is 4.26. The van der Waals surface area contributed by atoms with E-state index < -0.39 is 23.1 Å². The molecule has 2 rings (SSSR count). The molecule has 0 aromatic heterocycles. The van der Waals surface area contributed by atoms with Gasteiger partial charge in [-0.1, -0.05) is 0 Å². The maximum atomic E-state index is 12.8. The van der Waals surface area contributed by atoms with Crippen molar-refractivity contribution >= 4 is 5.97 Å². The second-order valence-corrected chi connectivity index (χ2v) is 4.48. The first kappa shape index (κ1) is 13.4. The number of hydrogen-bond acceptors (Lipinski definition) is 3. The van der Waals surface area contributed by atoms with Crippen LogP contribution in [0.15, 0.2) is 18.2 Å². The zero-order chi connectivity index (χ0) is 14.3. The van der Waals surface area contributed by atoms with E-state index in [9.17, 15) is 18.0 Å². The highest BCUT2D eigenvalue weighted by Crippen LogP contribution is 2.48. The van der Waals surface area contributed by atoms with Gasteiger partial charge in [-0.2, -0.15) is 18.4 Å². The maximum Gasteiger partial charge on any atom is 0.416 e. The van der Waals surface area contributed by atoms with E-state index >= 15 is 0 Å². The molecule has 1 aliphatic carbocycles. The molecular formula is C13H10F3NO2. The molecule has 0 amide bonds. The molecule has 0 spiro atoms. The van der Waals surface area contributed by atoms with Crippen LogP contribution in [0.3, 0.4) is 0 Å². The summed E-state index contributed by atoms with van der Waals surface area (Å²) in [5.74, 6) is -0.846. The Kier molecular flexibility index (Phi) is 3.01. The number of halogens is 3.